The van der Waals surface area contributed by atoms with Crippen molar-refractivity contribution in [1.82, 2.24) is 9.88 Å². The fraction of sp³-hybridized carbons (Fsp3) is 0.485. The van der Waals surface area contributed by atoms with Crippen LogP contribution in [0.5, 0.6) is 0 Å². The number of ether oxygens (including phenoxy) is 2. The van der Waals surface area contributed by atoms with E-state index in [4.69, 9.17) is 21.1 Å². The number of hydrogen-bond donors (Lipinski definition) is 1. The number of para-hydroxylation sites is 1. The first kappa shape index (κ1) is 26.6. The number of methoxy groups -OCH3 is 1. The maximum Gasteiger partial charge on any atom is 0.338 e. The number of benzene rings is 2. The summed E-state index contributed by atoms with van der Waals surface area (Å²) in [7, 11) is 1.33. The van der Waals surface area contributed by atoms with Crippen molar-refractivity contribution in [3.8, 4) is 0 Å². The van der Waals surface area contributed by atoms with Crippen LogP contribution in [0.1, 0.15) is 71.7 Å². The molecular weight excluding hydrogens is 540 g/mol. The lowest BCUT2D eigenvalue weighted by molar-refractivity contribution is -0.154. The first-order valence-electron chi connectivity index (χ1n) is 14.7. The minimum Gasteiger partial charge on any atom is -0.467 e. The number of fused-ring (bicyclic) bond motifs is 3. The largest absolute Gasteiger partial charge is 0.467 e. The van der Waals surface area contributed by atoms with Crippen molar-refractivity contribution in [2.45, 2.75) is 57.0 Å². The maximum absolute atomic E-state index is 13.2. The molecule has 0 saturated heterocycles. The molecule has 2 heterocycles. The highest BCUT2D eigenvalue weighted by Crippen LogP contribution is 2.60. The zero-order valence-corrected chi connectivity index (χ0v) is 24.0. The molecule has 3 aromatic rings. The Hall–Kier alpha value is -3.32. The average molecular weight is 575 g/mol. The summed E-state index contributed by atoms with van der Waals surface area (Å²) in [5.74, 6) is 0.965. The number of nitrogens with zero attached hydrogens (tertiary/aromatic N) is 1. The van der Waals surface area contributed by atoms with E-state index < -0.39 is 18.1 Å². The molecule has 214 valence electrons. The average Bonchev–Trinajstić information content (AvgIpc) is 3.36. The number of H-pyrrole nitrogens is 1. The Balaban J connectivity index is 1.18. The van der Waals surface area contributed by atoms with Crippen LogP contribution in [0.4, 0.5) is 0 Å². The Morgan fingerprint density at radius 3 is 2.27 bits per heavy atom. The molecule has 0 radical (unpaired) electrons. The Morgan fingerprint density at radius 1 is 0.976 bits per heavy atom. The minimum absolute atomic E-state index is 0.157. The molecule has 1 aliphatic heterocycles. The molecule has 8 rings (SSSR count). The Kier molecular flexibility index (Phi) is 6.61. The van der Waals surface area contributed by atoms with Crippen LogP contribution in [0.2, 0.25) is 0 Å². The van der Waals surface area contributed by atoms with Gasteiger partial charge < -0.3 is 19.4 Å². The summed E-state index contributed by atoms with van der Waals surface area (Å²) in [6.07, 6.45) is 7.94. The van der Waals surface area contributed by atoms with Crippen molar-refractivity contribution in [3.05, 3.63) is 70.9 Å². The number of aromatic amines is 1. The van der Waals surface area contributed by atoms with Gasteiger partial charge in [-0.3, -0.25) is 4.79 Å². The van der Waals surface area contributed by atoms with E-state index in [0.29, 0.717) is 18.6 Å². The van der Waals surface area contributed by atoms with Crippen molar-refractivity contribution in [2.75, 3.05) is 19.6 Å². The van der Waals surface area contributed by atoms with E-state index in [1.165, 1.54) is 50.5 Å². The number of carbonyl (C=O) groups is 3. The van der Waals surface area contributed by atoms with Crippen LogP contribution in [-0.4, -0.2) is 53.4 Å². The highest BCUT2D eigenvalue weighted by Gasteiger charge is 2.51. The zero-order chi connectivity index (χ0) is 28.3. The quantitative estimate of drug-likeness (QED) is 0.297. The lowest BCUT2D eigenvalue weighted by Crippen LogP contribution is -2.52. The molecule has 0 unspecified atom stereocenters. The van der Waals surface area contributed by atoms with Gasteiger partial charge in [0.05, 0.1) is 25.3 Å². The van der Waals surface area contributed by atoms with Crippen LogP contribution >= 0.6 is 11.6 Å². The van der Waals surface area contributed by atoms with Gasteiger partial charge in [0.2, 0.25) is 5.91 Å². The Labute approximate surface area is 244 Å². The summed E-state index contributed by atoms with van der Waals surface area (Å²) in [4.78, 5) is 44.4. The van der Waals surface area contributed by atoms with Crippen LogP contribution in [0, 0.1) is 23.2 Å². The lowest BCUT2D eigenvalue weighted by atomic mass is 9.50. The lowest BCUT2D eigenvalue weighted by Gasteiger charge is -2.56. The summed E-state index contributed by atoms with van der Waals surface area (Å²) in [6, 6.07) is 13.7. The molecule has 7 nitrogen and oxygen atoms in total. The van der Waals surface area contributed by atoms with Gasteiger partial charge in [-0.05, 0) is 85.6 Å². The summed E-state index contributed by atoms with van der Waals surface area (Å²) < 4.78 is 11.1. The van der Waals surface area contributed by atoms with Crippen LogP contribution in [0.3, 0.4) is 0 Å². The number of esters is 2. The van der Waals surface area contributed by atoms with Crippen LogP contribution in [0.25, 0.3) is 10.9 Å². The van der Waals surface area contributed by atoms with Gasteiger partial charge in [0.15, 0.2) is 0 Å². The molecule has 41 heavy (non-hydrogen) atoms. The SMILES string of the molecule is COC(=O)[C@H]1Cc2c([nH]c3ccccc23)[C@H](c2ccc(C(=O)OC[C@]34C[C@H]5C[C@H](C[C@H](C5)C3)C4)cc2)N1C(=O)CCl. The second-order valence-corrected chi connectivity index (χ2v) is 13.0. The van der Waals surface area contributed by atoms with E-state index in [0.717, 1.165) is 45.5 Å². The van der Waals surface area contributed by atoms with E-state index >= 15 is 0 Å². The molecule has 2 atom stereocenters. The van der Waals surface area contributed by atoms with Gasteiger partial charge >= 0.3 is 11.9 Å². The number of amides is 1. The van der Waals surface area contributed by atoms with E-state index in [2.05, 4.69) is 4.98 Å². The summed E-state index contributed by atoms with van der Waals surface area (Å²) >= 11 is 6.06. The second kappa shape index (κ2) is 10.2. The van der Waals surface area contributed by atoms with Gasteiger partial charge in [0.1, 0.15) is 11.9 Å². The predicted molar refractivity (Wildman–Crippen MR) is 155 cm³/mol. The molecule has 1 amide bonds. The fourth-order valence-electron chi connectivity index (χ4n) is 8.90. The highest BCUT2D eigenvalue weighted by molar-refractivity contribution is 6.27. The molecule has 1 aromatic heterocycles. The van der Waals surface area contributed by atoms with Gasteiger partial charge in [-0.2, -0.15) is 0 Å². The van der Waals surface area contributed by atoms with E-state index in [1.807, 2.05) is 36.4 Å². The highest BCUT2D eigenvalue weighted by atomic mass is 35.5. The fourth-order valence-corrected chi connectivity index (χ4v) is 9.04. The van der Waals surface area contributed by atoms with Crippen molar-refractivity contribution in [1.29, 1.82) is 0 Å². The Morgan fingerprint density at radius 2 is 1.63 bits per heavy atom. The molecule has 1 N–H and O–H groups in total. The molecule has 4 saturated carbocycles. The third-order valence-corrected chi connectivity index (χ3v) is 10.4. The smallest absolute Gasteiger partial charge is 0.338 e. The van der Waals surface area contributed by atoms with Crippen LogP contribution < -0.4 is 0 Å². The van der Waals surface area contributed by atoms with Gasteiger partial charge in [0.25, 0.3) is 0 Å². The van der Waals surface area contributed by atoms with Gasteiger partial charge in [-0.15, -0.1) is 11.6 Å². The normalized spacial score (nSPS) is 29.8. The van der Waals surface area contributed by atoms with Crippen molar-refractivity contribution >= 4 is 40.3 Å². The van der Waals surface area contributed by atoms with E-state index in [9.17, 15) is 14.4 Å². The van der Waals surface area contributed by atoms with Gasteiger partial charge in [-0.1, -0.05) is 30.3 Å². The monoisotopic (exact) mass is 574 g/mol. The topological polar surface area (TPSA) is 88.7 Å². The molecular formula is C33H35ClN2O5. The third kappa shape index (κ3) is 4.53. The van der Waals surface area contributed by atoms with Crippen molar-refractivity contribution in [2.24, 2.45) is 23.2 Å². The first-order chi connectivity index (χ1) is 19.9. The number of aromatic nitrogens is 1. The van der Waals surface area contributed by atoms with E-state index in [1.54, 1.807) is 12.1 Å². The number of rotatable bonds is 6. The molecule has 0 spiro atoms. The van der Waals surface area contributed by atoms with Crippen molar-refractivity contribution in [3.63, 3.8) is 0 Å². The Bertz CT molecular complexity index is 1480. The molecule has 5 aliphatic rings. The second-order valence-electron chi connectivity index (χ2n) is 12.8. The van der Waals surface area contributed by atoms with Crippen molar-refractivity contribution < 1.29 is 23.9 Å². The number of hydrogen-bond acceptors (Lipinski definition) is 5. The number of halogens is 1. The summed E-state index contributed by atoms with van der Waals surface area (Å²) in [5.41, 5.74) is 4.13. The number of carbonyl (C=O) groups excluding carboxylic acids is 3. The standard InChI is InChI=1S/C33H35ClN2O5/c1-40-32(39)27-13-25-24-4-2-3-5-26(24)35-29(25)30(36(27)28(37)17-34)22-6-8-23(9-7-22)31(38)41-18-33-14-19-10-20(15-33)12-21(11-19)16-33/h2-9,19-21,27,30,35H,10-18H2,1H3/t19-,20+,21-,27-,30+,33-/m1/s1. The van der Waals surface area contributed by atoms with E-state index in [-0.39, 0.29) is 23.2 Å². The maximum atomic E-state index is 13.2. The molecule has 4 fully saturated rings. The molecule has 8 heteroatoms. The molecule has 4 bridgehead atoms. The third-order valence-electron chi connectivity index (χ3n) is 10.1. The predicted octanol–water partition coefficient (Wildman–Crippen LogP) is 5.80. The number of nitrogens with one attached hydrogen (secondary N) is 1. The minimum atomic E-state index is -0.826. The van der Waals surface area contributed by atoms with Gasteiger partial charge in [0, 0.05) is 28.4 Å². The summed E-state index contributed by atoms with van der Waals surface area (Å²) in [5, 5.41) is 1.00. The number of alkyl halides is 1. The van der Waals surface area contributed by atoms with Crippen LogP contribution in [-0.2, 0) is 25.5 Å². The van der Waals surface area contributed by atoms with Crippen LogP contribution in [0.15, 0.2) is 48.5 Å². The zero-order valence-electron chi connectivity index (χ0n) is 23.2. The molecule has 2 aromatic carbocycles. The summed E-state index contributed by atoms with van der Waals surface area (Å²) in [6.45, 7) is 0.497. The van der Waals surface area contributed by atoms with Gasteiger partial charge in [-0.25, -0.2) is 9.59 Å². The first-order valence-corrected chi connectivity index (χ1v) is 15.2. The molecule has 4 aliphatic carbocycles.